The van der Waals surface area contributed by atoms with Crippen molar-refractivity contribution in [3.63, 3.8) is 0 Å². The number of hydrogen-bond acceptors (Lipinski definition) is 4. The van der Waals surface area contributed by atoms with Crippen LogP contribution in [-0.2, 0) is 19.1 Å². The van der Waals surface area contributed by atoms with Gasteiger partial charge in [0.2, 0.25) is 0 Å². The van der Waals surface area contributed by atoms with Crippen molar-refractivity contribution in [3.05, 3.63) is 0 Å². The van der Waals surface area contributed by atoms with E-state index in [0.717, 1.165) is 0 Å². The molecule has 0 amide bonds. The minimum Gasteiger partial charge on any atom is -0.465 e. The molecule has 0 spiro atoms. The summed E-state index contributed by atoms with van der Waals surface area (Å²) in [6, 6.07) is 0. The molecule has 0 N–H and O–H groups in total. The number of carbonyl (C=O) groups is 2. The van der Waals surface area contributed by atoms with Crippen LogP contribution in [-0.4, -0.2) is 32.1 Å². The van der Waals surface area contributed by atoms with Crippen LogP contribution in [0.15, 0.2) is 0 Å². The van der Waals surface area contributed by atoms with Gasteiger partial charge in [-0.3, -0.25) is 9.59 Å². The number of rotatable bonds is 9. The molecule has 0 fully saturated rings. The van der Waals surface area contributed by atoms with Gasteiger partial charge in [-0.2, -0.15) is 0 Å². The van der Waals surface area contributed by atoms with Crippen LogP contribution < -0.4 is 0 Å². The van der Waals surface area contributed by atoms with Gasteiger partial charge in [-0.05, 0) is 26.7 Å². The van der Waals surface area contributed by atoms with E-state index in [-0.39, 0.29) is 11.8 Å². The maximum absolute atomic E-state index is 12.2. The summed E-state index contributed by atoms with van der Waals surface area (Å²) in [7, 11) is 1.62. The molecule has 1 unspecified atom stereocenters. The molecular weight excluding hydrogens is 244 g/mol. The summed E-state index contributed by atoms with van der Waals surface area (Å²) in [4.78, 5) is 23.8. The maximum atomic E-state index is 12.2. The molecule has 0 heterocycles. The second-order valence-electron chi connectivity index (χ2n) is 6.01. The van der Waals surface area contributed by atoms with Gasteiger partial charge in [0.15, 0.2) is 0 Å². The van der Waals surface area contributed by atoms with Crippen LogP contribution >= 0.6 is 0 Å². The highest BCUT2D eigenvalue weighted by Gasteiger charge is 2.40. The van der Waals surface area contributed by atoms with Crippen LogP contribution in [0.5, 0.6) is 0 Å². The van der Waals surface area contributed by atoms with E-state index < -0.39 is 10.8 Å². The first-order valence-corrected chi connectivity index (χ1v) is 6.87. The van der Waals surface area contributed by atoms with Gasteiger partial charge in [0, 0.05) is 25.6 Å². The van der Waals surface area contributed by atoms with Crippen molar-refractivity contribution in [3.8, 4) is 0 Å². The molecule has 0 aromatic rings. The van der Waals surface area contributed by atoms with Crippen molar-refractivity contribution >= 4 is 11.8 Å². The van der Waals surface area contributed by atoms with Crippen molar-refractivity contribution in [1.29, 1.82) is 0 Å². The van der Waals surface area contributed by atoms with Gasteiger partial charge < -0.3 is 9.47 Å². The van der Waals surface area contributed by atoms with Crippen molar-refractivity contribution < 1.29 is 19.1 Å². The summed E-state index contributed by atoms with van der Waals surface area (Å²) in [6.07, 6.45) is 1.86. The van der Waals surface area contributed by atoms with Crippen molar-refractivity contribution in [2.24, 2.45) is 10.8 Å². The lowest BCUT2D eigenvalue weighted by Gasteiger charge is -2.33. The van der Waals surface area contributed by atoms with Crippen LogP contribution in [0, 0.1) is 10.8 Å². The number of esters is 1. The van der Waals surface area contributed by atoms with Gasteiger partial charge in [0.1, 0.15) is 5.78 Å². The molecule has 4 heteroatoms. The molecule has 0 bridgehead atoms. The van der Waals surface area contributed by atoms with Gasteiger partial charge in [-0.25, -0.2) is 0 Å². The summed E-state index contributed by atoms with van der Waals surface area (Å²) in [6.45, 7) is 10.1. The number of carbonyl (C=O) groups excluding carboxylic acids is 2. The third-order valence-electron chi connectivity index (χ3n) is 3.78. The van der Waals surface area contributed by atoms with Crippen LogP contribution in [0.3, 0.4) is 0 Å². The zero-order valence-corrected chi connectivity index (χ0v) is 13.2. The minimum absolute atomic E-state index is 0.0966. The molecule has 0 saturated carbocycles. The van der Waals surface area contributed by atoms with Gasteiger partial charge in [0.05, 0.1) is 12.0 Å². The van der Waals surface area contributed by atoms with Gasteiger partial charge in [-0.1, -0.05) is 20.8 Å². The van der Waals surface area contributed by atoms with E-state index in [1.165, 1.54) is 0 Å². The smallest absolute Gasteiger partial charge is 0.311 e. The lowest BCUT2D eigenvalue weighted by molar-refractivity contribution is -0.158. The van der Waals surface area contributed by atoms with Crippen molar-refractivity contribution in [2.45, 2.75) is 53.9 Å². The molecule has 0 aliphatic heterocycles. The number of hydrogen-bond donors (Lipinski definition) is 0. The lowest BCUT2D eigenvalue weighted by Crippen LogP contribution is -2.37. The van der Waals surface area contributed by atoms with E-state index in [1.54, 1.807) is 14.0 Å². The lowest BCUT2D eigenvalue weighted by atomic mass is 9.71. The fourth-order valence-electron chi connectivity index (χ4n) is 1.98. The van der Waals surface area contributed by atoms with E-state index in [4.69, 9.17) is 9.47 Å². The number of ketones is 1. The largest absolute Gasteiger partial charge is 0.465 e. The molecule has 0 aromatic carbocycles. The number of methoxy groups -OCH3 is 1. The Labute approximate surface area is 116 Å². The summed E-state index contributed by atoms with van der Waals surface area (Å²) in [5.74, 6) is -0.125. The van der Waals surface area contributed by atoms with Gasteiger partial charge in [0.25, 0.3) is 0 Å². The van der Waals surface area contributed by atoms with E-state index in [9.17, 15) is 9.59 Å². The molecule has 19 heavy (non-hydrogen) atoms. The predicted octanol–water partition coefficient (Wildman–Crippen LogP) is 2.99. The average molecular weight is 272 g/mol. The van der Waals surface area contributed by atoms with Crippen LogP contribution in [0.4, 0.5) is 0 Å². The second kappa shape index (κ2) is 7.63. The molecule has 4 nitrogen and oxygen atoms in total. The Morgan fingerprint density at radius 3 is 2.11 bits per heavy atom. The zero-order chi connectivity index (χ0) is 15.1. The summed E-state index contributed by atoms with van der Waals surface area (Å²) < 4.78 is 10.2. The highest BCUT2D eigenvalue weighted by Crippen LogP contribution is 2.38. The first kappa shape index (κ1) is 18.1. The molecule has 1 atom stereocenters. The molecule has 0 aromatic heterocycles. The Balaban J connectivity index is 4.58. The Morgan fingerprint density at radius 2 is 1.68 bits per heavy atom. The van der Waals surface area contributed by atoms with E-state index in [0.29, 0.717) is 32.5 Å². The highest BCUT2D eigenvalue weighted by atomic mass is 16.5. The van der Waals surface area contributed by atoms with Crippen LogP contribution in [0.1, 0.15) is 53.9 Å². The fraction of sp³-hybridized carbons (Fsp3) is 0.867. The minimum atomic E-state index is -0.609. The molecular formula is C15H28O4. The Morgan fingerprint density at radius 1 is 1.11 bits per heavy atom. The molecule has 0 rings (SSSR count). The number of Topliss-reactive ketones (excluding diaryl/α,β-unsaturated/α-hetero) is 1. The first-order valence-electron chi connectivity index (χ1n) is 6.87. The second-order valence-corrected chi connectivity index (χ2v) is 6.01. The third kappa shape index (κ3) is 5.72. The predicted molar refractivity (Wildman–Crippen MR) is 74.9 cm³/mol. The SMILES string of the molecule is CCC(C)(CC(C)(C)C(C)=O)C(=O)OCCCOC. The molecule has 0 aliphatic carbocycles. The van der Waals surface area contributed by atoms with Crippen LogP contribution in [0.25, 0.3) is 0 Å². The van der Waals surface area contributed by atoms with E-state index >= 15 is 0 Å². The van der Waals surface area contributed by atoms with Crippen molar-refractivity contribution in [2.75, 3.05) is 20.3 Å². The molecule has 0 radical (unpaired) electrons. The van der Waals surface area contributed by atoms with Crippen molar-refractivity contribution in [1.82, 2.24) is 0 Å². The fourth-order valence-corrected chi connectivity index (χ4v) is 1.98. The van der Waals surface area contributed by atoms with E-state index in [2.05, 4.69) is 0 Å². The highest BCUT2D eigenvalue weighted by molar-refractivity contribution is 5.83. The summed E-state index contributed by atoms with van der Waals surface area (Å²) in [5.41, 5.74) is -1.11. The number of ether oxygens (including phenoxy) is 2. The zero-order valence-electron chi connectivity index (χ0n) is 13.2. The average Bonchev–Trinajstić information content (AvgIpc) is 2.33. The standard InChI is InChI=1S/C15H28O4/c1-7-15(5,11-14(3,4)12(2)16)13(17)19-10-8-9-18-6/h7-11H2,1-6H3. The molecule has 0 aliphatic rings. The Kier molecular flexibility index (Phi) is 7.27. The first-order chi connectivity index (χ1) is 8.69. The maximum Gasteiger partial charge on any atom is 0.311 e. The van der Waals surface area contributed by atoms with Gasteiger partial charge >= 0.3 is 5.97 Å². The summed E-state index contributed by atoms with van der Waals surface area (Å²) in [5, 5.41) is 0. The van der Waals surface area contributed by atoms with Gasteiger partial charge in [-0.15, -0.1) is 0 Å². The molecule has 112 valence electrons. The van der Waals surface area contributed by atoms with Crippen LogP contribution in [0.2, 0.25) is 0 Å². The quantitative estimate of drug-likeness (QED) is 0.478. The Bertz CT molecular complexity index is 309. The monoisotopic (exact) mass is 272 g/mol. The third-order valence-corrected chi connectivity index (χ3v) is 3.78. The normalized spacial score (nSPS) is 14.8. The molecule has 0 saturated heterocycles. The van der Waals surface area contributed by atoms with E-state index in [1.807, 2.05) is 27.7 Å². The topological polar surface area (TPSA) is 52.6 Å². The summed E-state index contributed by atoms with van der Waals surface area (Å²) >= 11 is 0. The Hall–Kier alpha value is -0.900.